The van der Waals surface area contributed by atoms with Crippen molar-refractivity contribution in [3.05, 3.63) is 69.9 Å². The second-order valence-electron chi connectivity index (χ2n) is 4.40. The standard InChI is InChI=1S/C15H15BrFN/c16-14-10-12(6-7-15(14)17)9-13(18)8-11-4-2-1-3-5-11/h1-7,10,13H,8-9,18H2. The molecule has 3 heteroatoms. The molecular formula is C15H15BrFN. The zero-order valence-electron chi connectivity index (χ0n) is 9.94. The van der Waals surface area contributed by atoms with Gasteiger partial charge < -0.3 is 5.73 Å². The maximum atomic E-state index is 13.1. The van der Waals surface area contributed by atoms with Crippen LogP contribution in [0.25, 0.3) is 0 Å². The van der Waals surface area contributed by atoms with Crippen LogP contribution in [-0.4, -0.2) is 6.04 Å². The molecule has 2 aromatic rings. The summed E-state index contributed by atoms with van der Waals surface area (Å²) in [4.78, 5) is 0. The molecule has 0 aliphatic rings. The van der Waals surface area contributed by atoms with Crippen LogP contribution in [0.3, 0.4) is 0 Å². The Hall–Kier alpha value is -1.19. The Labute approximate surface area is 115 Å². The van der Waals surface area contributed by atoms with Crippen molar-refractivity contribution >= 4 is 15.9 Å². The van der Waals surface area contributed by atoms with Crippen molar-refractivity contribution in [3.8, 4) is 0 Å². The number of hydrogen-bond donors (Lipinski definition) is 1. The zero-order valence-corrected chi connectivity index (χ0v) is 11.5. The van der Waals surface area contributed by atoms with Gasteiger partial charge in [0, 0.05) is 6.04 Å². The Kier molecular flexibility index (Phi) is 4.50. The third kappa shape index (κ3) is 3.65. The predicted octanol–water partition coefficient (Wildman–Crippen LogP) is 3.70. The molecule has 0 aliphatic carbocycles. The van der Waals surface area contributed by atoms with E-state index in [0.717, 1.165) is 18.4 Å². The molecule has 94 valence electrons. The molecule has 0 saturated heterocycles. The fourth-order valence-electron chi connectivity index (χ4n) is 1.96. The van der Waals surface area contributed by atoms with E-state index in [1.54, 1.807) is 12.1 Å². The Bertz CT molecular complexity index is 513. The van der Waals surface area contributed by atoms with Gasteiger partial charge in [0.05, 0.1) is 4.47 Å². The summed E-state index contributed by atoms with van der Waals surface area (Å²) in [5.41, 5.74) is 8.39. The topological polar surface area (TPSA) is 26.0 Å². The first-order chi connectivity index (χ1) is 8.65. The molecule has 1 unspecified atom stereocenters. The molecule has 18 heavy (non-hydrogen) atoms. The van der Waals surface area contributed by atoms with Crippen molar-refractivity contribution in [2.45, 2.75) is 18.9 Å². The van der Waals surface area contributed by atoms with Gasteiger partial charge in [0.2, 0.25) is 0 Å². The van der Waals surface area contributed by atoms with Crippen LogP contribution >= 0.6 is 15.9 Å². The molecule has 0 spiro atoms. The van der Waals surface area contributed by atoms with E-state index in [4.69, 9.17) is 5.73 Å². The SMILES string of the molecule is NC(Cc1ccccc1)Cc1ccc(F)c(Br)c1. The van der Waals surface area contributed by atoms with Gasteiger partial charge in [-0.3, -0.25) is 0 Å². The molecule has 0 heterocycles. The Morgan fingerprint density at radius 1 is 1.00 bits per heavy atom. The van der Waals surface area contributed by atoms with Crippen molar-refractivity contribution in [1.29, 1.82) is 0 Å². The van der Waals surface area contributed by atoms with Crippen LogP contribution in [0.5, 0.6) is 0 Å². The molecule has 2 aromatic carbocycles. The summed E-state index contributed by atoms with van der Waals surface area (Å²) in [6, 6.07) is 15.2. The highest BCUT2D eigenvalue weighted by atomic mass is 79.9. The Morgan fingerprint density at radius 2 is 1.67 bits per heavy atom. The summed E-state index contributed by atoms with van der Waals surface area (Å²) in [7, 11) is 0. The summed E-state index contributed by atoms with van der Waals surface area (Å²) in [6.45, 7) is 0. The monoisotopic (exact) mass is 307 g/mol. The van der Waals surface area contributed by atoms with E-state index < -0.39 is 0 Å². The highest BCUT2D eigenvalue weighted by Gasteiger charge is 2.07. The largest absolute Gasteiger partial charge is 0.327 e. The highest BCUT2D eigenvalue weighted by Crippen LogP contribution is 2.18. The van der Waals surface area contributed by atoms with Crippen molar-refractivity contribution in [3.63, 3.8) is 0 Å². The first kappa shape index (κ1) is 13.2. The minimum atomic E-state index is -0.240. The second-order valence-corrected chi connectivity index (χ2v) is 5.26. The summed E-state index contributed by atoms with van der Waals surface area (Å²) in [5.74, 6) is -0.240. The summed E-state index contributed by atoms with van der Waals surface area (Å²) in [5, 5.41) is 0. The van der Waals surface area contributed by atoms with Gasteiger partial charge in [-0.15, -0.1) is 0 Å². The van der Waals surface area contributed by atoms with Gasteiger partial charge in [0.1, 0.15) is 5.82 Å². The highest BCUT2D eigenvalue weighted by molar-refractivity contribution is 9.10. The quantitative estimate of drug-likeness (QED) is 0.915. The summed E-state index contributed by atoms with van der Waals surface area (Å²) >= 11 is 3.19. The lowest BCUT2D eigenvalue weighted by Crippen LogP contribution is -2.25. The van der Waals surface area contributed by atoms with E-state index in [9.17, 15) is 4.39 Å². The smallest absolute Gasteiger partial charge is 0.137 e. The van der Waals surface area contributed by atoms with Crippen molar-refractivity contribution < 1.29 is 4.39 Å². The van der Waals surface area contributed by atoms with E-state index >= 15 is 0 Å². The zero-order chi connectivity index (χ0) is 13.0. The predicted molar refractivity (Wildman–Crippen MR) is 75.9 cm³/mol. The van der Waals surface area contributed by atoms with Gasteiger partial charge in [-0.05, 0) is 52.0 Å². The van der Waals surface area contributed by atoms with Gasteiger partial charge in [-0.1, -0.05) is 36.4 Å². The van der Waals surface area contributed by atoms with E-state index in [1.807, 2.05) is 18.2 Å². The molecule has 2 rings (SSSR count). The minimum absolute atomic E-state index is 0.0461. The van der Waals surface area contributed by atoms with Gasteiger partial charge in [0.25, 0.3) is 0 Å². The summed E-state index contributed by atoms with van der Waals surface area (Å²) in [6.07, 6.45) is 1.57. The third-order valence-corrected chi connectivity index (χ3v) is 3.43. The first-order valence-electron chi connectivity index (χ1n) is 5.88. The molecule has 2 N–H and O–H groups in total. The van der Waals surface area contributed by atoms with Crippen LogP contribution < -0.4 is 5.73 Å². The van der Waals surface area contributed by atoms with Gasteiger partial charge in [-0.25, -0.2) is 4.39 Å². The Morgan fingerprint density at radius 3 is 2.33 bits per heavy atom. The molecule has 0 bridgehead atoms. The molecule has 1 nitrogen and oxygen atoms in total. The maximum absolute atomic E-state index is 13.1. The average Bonchev–Trinajstić information content (AvgIpc) is 2.35. The number of halogens is 2. The maximum Gasteiger partial charge on any atom is 0.137 e. The molecular weight excluding hydrogens is 293 g/mol. The first-order valence-corrected chi connectivity index (χ1v) is 6.68. The molecule has 0 aliphatic heterocycles. The molecule has 0 aromatic heterocycles. The molecule has 0 amide bonds. The molecule has 1 atom stereocenters. The van der Waals surface area contributed by atoms with Crippen LogP contribution in [-0.2, 0) is 12.8 Å². The van der Waals surface area contributed by atoms with Gasteiger partial charge in [0.15, 0.2) is 0 Å². The van der Waals surface area contributed by atoms with Crippen molar-refractivity contribution in [2.24, 2.45) is 5.73 Å². The lowest BCUT2D eigenvalue weighted by Gasteiger charge is -2.12. The van der Waals surface area contributed by atoms with E-state index in [0.29, 0.717) is 4.47 Å². The van der Waals surface area contributed by atoms with E-state index in [2.05, 4.69) is 28.1 Å². The van der Waals surface area contributed by atoms with Gasteiger partial charge >= 0.3 is 0 Å². The fraction of sp³-hybridized carbons (Fsp3) is 0.200. The van der Waals surface area contributed by atoms with Crippen LogP contribution in [0.15, 0.2) is 53.0 Å². The lowest BCUT2D eigenvalue weighted by atomic mass is 10.00. The van der Waals surface area contributed by atoms with Gasteiger partial charge in [-0.2, -0.15) is 0 Å². The average molecular weight is 308 g/mol. The fourth-order valence-corrected chi connectivity index (χ4v) is 2.38. The van der Waals surface area contributed by atoms with Crippen LogP contribution in [0, 0.1) is 5.82 Å². The second kappa shape index (κ2) is 6.12. The van der Waals surface area contributed by atoms with Crippen molar-refractivity contribution in [1.82, 2.24) is 0 Å². The van der Waals surface area contributed by atoms with Crippen LogP contribution in [0.1, 0.15) is 11.1 Å². The molecule has 0 radical (unpaired) electrons. The number of nitrogens with two attached hydrogens (primary N) is 1. The van der Waals surface area contributed by atoms with E-state index in [1.165, 1.54) is 11.6 Å². The number of benzene rings is 2. The molecule has 0 fully saturated rings. The lowest BCUT2D eigenvalue weighted by molar-refractivity contribution is 0.617. The normalized spacial score (nSPS) is 12.4. The number of rotatable bonds is 4. The Balaban J connectivity index is 1.99. The van der Waals surface area contributed by atoms with Crippen molar-refractivity contribution in [2.75, 3.05) is 0 Å². The van der Waals surface area contributed by atoms with Crippen LogP contribution in [0.2, 0.25) is 0 Å². The van der Waals surface area contributed by atoms with E-state index in [-0.39, 0.29) is 11.9 Å². The number of hydrogen-bond acceptors (Lipinski definition) is 1. The minimum Gasteiger partial charge on any atom is -0.327 e. The van der Waals surface area contributed by atoms with Crippen LogP contribution in [0.4, 0.5) is 4.39 Å². The third-order valence-electron chi connectivity index (χ3n) is 2.82. The molecule has 0 saturated carbocycles. The summed E-state index contributed by atoms with van der Waals surface area (Å²) < 4.78 is 13.6.